The molecule has 4 heterocycles. The molecular formula is C30H40N6O3. The highest BCUT2D eigenvalue weighted by atomic mass is 16.6. The van der Waals surface area contributed by atoms with E-state index in [1.54, 1.807) is 20.0 Å². The Morgan fingerprint density at radius 2 is 1.41 bits per heavy atom. The topological polar surface area (TPSA) is 91.7 Å². The molecule has 1 aliphatic heterocycles. The predicted octanol–water partition coefficient (Wildman–Crippen LogP) is 3.06. The van der Waals surface area contributed by atoms with Crippen LogP contribution < -0.4 is 0 Å². The molecule has 0 aromatic carbocycles. The van der Waals surface area contributed by atoms with Gasteiger partial charge in [-0.15, -0.1) is 7.05 Å². The van der Waals surface area contributed by atoms with Gasteiger partial charge in [-0.1, -0.05) is 18.2 Å². The molecule has 0 saturated carbocycles. The molecular weight excluding hydrogens is 492 g/mol. The first-order valence-corrected chi connectivity index (χ1v) is 13.5. The van der Waals surface area contributed by atoms with E-state index < -0.39 is 17.6 Å². The fraction of sp³-hybridized carbons (Fsp3) is 0.433. The highest BCUT2D eigenvalue weighted by Crippen LogP contribution is 2.32. The number of ether oxygens (including phenoxy) is 1. The molecule has 1 saturated heterocycles. The molecule has 1 aliphatic rings. The molecule has 0 radical (unpaired) electrons. The maximum atomic E-state index is 13.2. The summed E-state index contributed by atoms with van der Waals surface area (Å²) in [6, 6.07) is 17.6. The Balaban J connectivity index is 1.64. The Kier molecular flexibility index (Phi) is 9.74. The lowest BCUT2D eigenvalue weighted by Crippen LogP contribution is -2.53. The summed E-state index contributed by atoms with van der Waals surface area (Å²) in [5.41, 5.74) is 1.61. The molecule has 1 unspecified atom stereocenters. The summed E-state index contributed by atoms with van der Waals surface area (Å²) in [5, 5.41) is 9.83. The number of rotatable bonds is 9. The van der Waals surface area contributed by atoms with Gasteiger partial charge in [0.05, 0.1) is 36.5 Å². The molecule has 1 N–H and O–H groups in total. The fourth-order valence-corrected chi connectivity index (χ4v) is 4.59. The molecule has 1 atom stereocenters. The second-order valence-electron chi connectivity index (χ2n) is 10.9. The van der Waals surface area contributed by atoms with E-state index in [0.29, 0.717) is 31.9 Å². The van der Waals surface area contributed by atoms with Crippen molar-refractivity contribution in [1.82, 2.24) is 24.8 Å². The third-order valence-corrected chi connectivity index (χ3v) is 7.28. The van der Waals surface area contributed by atoms with Gasteiger partial charge in [0.25, 0.3) is 6.23 Å². The van der Waals surface area contributed by atoms with E-state index in [4.69, 9.17) is 4.74 Å². The van der Waals surface area contributed by atoms with Crippen LogP contribution in [-0.2, 0) is 22.6 Å². The van der Waals surface area contributed by atoms with E-state index in [2.05, 4.69) is 31.8 Å². The third-order valence-electron chi connectivity index (χ3n) is 7.28. The second-order valence-corrected chi connectivity index (χ2v) is 10.9. The average molecular weight is 533 g/mol. The van der Waals surface area contributed by atoms with Crippen LogP contribution in [0.1, 0.15) is 37.2 Å². The molecule has 3 aromatic heterocycles. The van der Waals surface area contributed by atoms with Gasteiger partial charge >= 0.3 is 5.97 Å². The minimum absolute atomic E-state index is 0.210. The molecule has 208 valence electrons. The first-order chi connectivity index (χ1) is 18.8. The van der Waals surface area contributed by atoms with Gasteiger partial charge in [-0.25, -0.2) is 0 Å². The molecule has 9 heteroatoms. The summed E-state index contributed by atoms with van der Waals surface area (Å²) in [6.45, 7) is 8.94. The second kappa shape index (κ2) is 13.2. The summed E-state index contributed by atoms with van der Waals surface area (Å²) in [6.07, 6.45) is 4.62. The van der Waals surface area contributed by atoms with Gasteiger partial charge in [0.15, 0.2) is 0 Å². The van der Waals surface area contributed by atoms with Gasteiger partial charge < -0.3 is 14.3 Å². The van der Waals surface area contributed by atoms with E-state index in [1.165, 1.54) is 0 Å². The number of hydrogen-bond acceptors (Lipinski definition) is 8. The summed E-state index contributed by atoms with van der Waals surface area (Å²) < 4.78 is 6.38. The van der Waals surface area contributed by atoms with E-state index in [1.807, 2.05) is 67.0 Å². The SMILES string of the molecule is [CH2-][N+]1(C(OC(=O)C(C)(C)CO)c2ccccn2)CCN(Cc2ccccn2)CCN(Cc2ccccn2)CC1. The summed E-state index contributed by atoms with van der Waals surface area (Å²) >= 11 is 0. The van der Waals surface area contributed by atoms with Crippen molar-refractivity contribution in [1.29, 1.82) is 0 Å². The summed E-state index contributed by atoms with van der Waals surface area (Å²) in [7, 11) is 4.67. The lowest BCUT2D eigenvalue weighted by atomic mass is 9.95. The lowest BCUT2D eigenvalue weighted by Gasteiger charge is -2.48. The Labute approximate surface area is 231 Å². The van der Waals surface area contributed by atoms with Crippen LogP contribution in [-0.4, -0.2) is 86.2 Å². The van der Waals surface area contributed by atoms with Crippen molar-refractivity contribution >= 4 is 5.97 Å². The molecule has 1 fully saturated rings. The smallest absolute Gasteiger partial charge is 0.318 e. The number of carbonyl (C=O) groups excluding carboxylic acids is 1. The molecule has 9 nitrogen and oxygen atoms in total. The molecule has 4 rings (SSSR count). The van der Waals surface area contributed by atoms with Crippen molar-refractivity contribution in [2.24, 2.45) is 5.41 Å². The highest BCUT2D eigenvalue weighted by Gasteiger charge is 2.39. The van der Waals surface area contributed by atoms with Crippen LogP contribution in [0, 0.1) is 12.5 Å². The zero-order chi connectivity index (χ0) is 27.7. The zero-order valence-electron chi connectivity index (χ0n) is 23.0. The van der Waals surface area contributed by atoms with E-state index in [-0.39, 0.29) is 11.1 Å². The summed E-state index contributed by atoms with van der Waals surface area (Å²) in [4.78, 5) is 31.6. The normalized spacial score (nSPS) is 17.9. The number of nitrogens with zero attached hydrogens (tertiary/aromatic N) is 6. The number of quaternary nitrogens is 1. The molecule has 0 aliphatic carbocycles. The van der Waals surface area contributed by atoms with Gasteiger partial charge in [-0.2, -0.15) is 0 Å². The molecule has 3 aromatic rings. The van der Waals surface area contributed by atoms with E-state index in [9.17, 15) is 9.90 Å². The number of hydrogen-bond donors (Lipinski definition) is 1. The number of aliphatic hydroxyl groups excluding tert-OH is 1. The number of pyridine rings is 3. The number of carbonyl (C=O) groups is 1. The van der Waals surface area contributed by atoms with Crippen LogP contribution in [0.3, 0.4) is 0 Å². The first-order valence-electron chi connectivity index (χ1n) is 13.5. The Morgan fingerprint density at radius 3 is 1.85 bits per heavy atom. The largest absolute Gasteiger partial charge is 0.414 e. The number of esters is 1. The van der Waals surface area contributed by atoms with E-state index >= 15 is 0 Å². The monoisotopic (exact) mass is 532 g/mol. The van der Waals surface area contributed by atoms with Crippen LogP contribution in [0.2, 0.25) is 0 Å². The Morgan fingerprint density at radius 1 is 0.897 bits per heavy atom. The Bertz CT molecular complexity index is 1110. The average Bonchev–Trinajstić information content (AvgIpc) is 3.03. The van der Waals surface area contributed by atoms with Crippen molar-refractivity contribution in [2.45, 2.75) is 33.2 Å². The standard InChI is InChI=1S/C30H40N6O3/c1-30(2,24-37)29(38)39-28(27-12-6-9-15-33-27)36(3)20-18-34(22-25-10-4-7-13-31-25)16-17-35(19-21-36)23-26-11-5-8-14-32-26/h4-15,28,37H,3,16-24H2,1-2H3. The third kappa shape index (κ3) is 7.89. The van der Waals surface area contributed by atoms with Crippen molar-refractivity contribution in [3.05, 3.63) is 97.3 Å². The van der Waals surface area contributed by atoms with Gasteiger partial charge in [0.2, 0.25) is 0 Å². The first kappa shape index (κ1) is 28.8. The fourth-order valence-electron chi connectivity index (χ4n) is 4.59. The molecule has 0 bridgehead atoms. The van der Waals surface area contributed by atoms with Crippen molar-refractivity contribution in [3.63, 3.8) is 0 Å². The number of aromatic nitrogens is 3. The van der Waals surface area contributed by atoms with Crippen LogP contribution in [0.5, 0.6) is 0 Å². The lowest BCUT2D eigenvalue weighted by molar-refractivity contribution is -0.936. The maximum absolute atomic E-state index is 13.2. The van der Waals surface area contributed by atoms with Crippen molar-refractivity contribution in [3.8, 4) is 0 Å². The number of aliphatic hydroxyl groups is 1. The quantitative estimate of drug-likeness (QED) is 0.256. The van der Waals surface area contributed by atoms with Gasteiger partial charge in [0, 0.05) is 57.9 Å². The maximum Gasteiger partial charge on any atom is 0.318 e. The van der Waals surface area contributed by atoms with Crippen molar-refractivity contribution < 1.29 is 19.1 Å². The van der Waals surface area contributed by atoms with Crippen molar-refractivity contribution in [2.75, 3.05) is 45.9 Å². The van der Waals surface area contributed by atoms with E-state index in [0.717, 1.165) is 37.6 Å². The molecule has 39 heavy (non-hydrogen) atoms. The van der Waals surface area contributed by atoms with Crippen LogP contribution in [0.4, 0.5) is 0 Å². The predicted molar refractivity (Wildman–Crippen MR) is 148 cm³/mol. The zero-order valence-corrected chi connectivity index (χ0v) is 23.0. The minimum Gasteiger partial charge on any atom is -0.414 e. The van der Waals surface area contributed by atoms with Gasteiger partial charge in [-0.05, 0) is 50.2 Å². The highest BCUT2D eigenvalue weighted by molar-refractivity contribution is 5.76. The minimum atomic E-state index is -1.04. The van der Waals surface area contributed by atoms with Crippen LogP contribution in [0.15, 0.2) is 73.2 Å². The molecule has 0 spiro atoms. The van der Waals surface area contributed by atoms with Crippen LogP contribution in [0.25, 0.3) is 0 Å². The summed E-state index contributed by atoms with van der Waals surface area (Å²) in [5.74, 6) is -0.475. The van der Waals surface area contributed by atoms with Gasteiger partial charge in [0.1, 0.15) is 5.69 Å². The van der Waals surface area contributed by atoms with Crippen LogP contribution >= 0.6 is 0 Å². The molecule has 0 amide bonds. The van der Waals surface area contributed by atoms with Gasteiger partial charge in [-0.3, -0.25) is 29.5 Å². The Hall–Kier alpha value is -3.24.